The highest BCUT2D eigenvalue weighted by molar-refractivity contribution is 8.00. The van der Waals surface area contributed by atoms with Crippen molar-refractivity contribution < 1.29 is 14.1 Å². The maximum Gasteiger partial charge on any atom is 0.269 e. The molecule has 0 aliphatic heterocycles. The van der Waals surface area contributed by atoms with Crippen molar-refractivity contribution in [3.05, 3.63) is 88.9 Å². The van der Waals surface area contributed by atoms with Gasteiger partial charge in [-0.25, -0.2) is 0 Å². The number of nitrogens with zero attached hydrogens (tertiary/aromatic N) is 2. The van der Waals surface area contributed by atoms with Crippen LogP contribution in [-0.4, -0.2) is 16.6 Å². The molecule has 3 rings (SSSR count). The molecule has 0 atom stereocenters. The van der Waals surface area contributed by atoms with Crippen LogP contribution in [-0.2, 0) is 11.3 Å². The van der Waals surface area contributed by atoms with Crippen molar-refractivity contribution in [3.63, 3.8) is 0 Å². The van der Waals surface area contributed by atoms with Gasteiger partial charge in [0.25, 0.3) is 5.69 Å². The zero-order valence-electron chi connectivity index (χ0n) is 13.8. The Morgan fingerprint density at radius 3 is 2.38 bits per heavy atom. The minimum atomic E-state index is -0.444. The first-order valence-corrected chi connectivity index (χ1v) is 8.87. The van der Waals surface area contributed by atoms with Crippen LogP contribution >= 0.6 is 11.8 Å². The Morgan fingerprint density at radius 2 is 1.77 bits per heavy atom. The second kappa shape index (κ2) is 8.35. The van der Waals surface area contributed by atoms with E-state index in [0.717, 1.165) is 10.6 Å². The third-order valence-electron chi connectivity index (χ3n) is 3.67. The predicted molar refractivity (Wildman–Crippen MR) is 100 cm³/mol. The number of amides is 1. The van der Waals surface area contributed by atoms with Crippen LogP contribution in [0.15, 0.2) is 82.3 Å². The van der Waals surface area contributed by atoms with Gasteiger partial charge in [0.2, 0.25) is 5.91 Å². The molecule has 6 nitrogen and oxygen atoms in total. The van der Waals surface area contributed by atoms with Crippen LogP contribution in [0.1, 0.15) is 5.76 Å². The lowest BCUT2D eigenvalue weighted by Gasteiger charge is -2.21. The number of nitro groups is 1. The zero-order valence-corrected chi connectivity index (χ0v) is 14.6. The maximum absolute atomic E-state index is 12.8. The molecule has 0 unspecified atom stereocenters. The SMILES string of the molecule is O=C(CSc1ccc([N+](=O)[O-])cc1)N(Cc1ccco1)c1ccccc1. The van der Waals surface area contributed by atoms with Crippen LogP contribution < -0.4 is 4.90 Å². The third-order valence-corrected chi connectivity index (χ3v) is 4.67. The molecule has 0 radical (unpaired) electrons. The normalized spacial score (nSPS) is 10.5. The Labute approximate surface area is 154 Å². The Balaban J connectivity index is 1.70. The van der Waals surface area contributed by atoms with Gasteiger partial charge in [-0.3, -0.25) is 14.9 Å². The standard InChI is InChI=1S/C19H16N2O4S/c22-19(14-26-18-10-8-16(9-11-18)21(23)24)20(13-17-7-4-12-25-17)15-5-2-1-3-6-15/h1-12H,13-14H2. The number of benzene rings is 2. The molecular formula is C19H16N2O4S. The van der Waals surface area contributed by atoms with Crippen LogP contribution in [0.4, 0.5) is 11.4 Å². The van der Waals surface area contributed by atoms with Crippen LogP contribution in [0.25, 0.3) is 0 Å². The summed E-state index contributed by atoms with van der Waals surface area (Å²) in [7, 11) is 0. The maximum atomic E-state index is 12.8. The first kappa shape index (κ1) is 17.8. The third kappa shape index (κ3) is 4.52. The lowest BCUT2D eigenvalue weighted by atomic mass is 10.2. The van der Waals surface area contributed by atoms with E-state index in [0.29, 0.717) is 12.3 Å². The van der Waals surface area contributed by atoms with Crippen molar-refractivity contribution >= 4 is 29.0 Å². The lowest BCUT2D eigenvalue weighted by molar-refractivity contribution is -0.384. The number of hydrogen-bond acceptors (Lipinski definition) is 5. The molecule has 0 N–H and O–H groups in total. The number of rotatable bonds is 7. The average Bonchev–Trinajstić information content (AvgIpc) is 3.18. The molecule has 26 heavy (non-hydrogen) atoms. The minimum absolute atomic E-state index is 0.0319. The first-order chi connectivity index (χ1) is 12.6. The van der Waals surface area contributed by atoms with Crippen LogP contribution in [0, 0.1) is 10.1 Å². The number of furan rings is 1. The van der Waals surface area contributed by atoms with Crippen molar-refractivity contribution in [3.8, 4) is 0 Å². The zero-order chi connectivity index (χ0) is 18.4. The summed E-state index contributed by atoms with van der Waals surface area (Å²) in [5.74, 6) is 0.839. The second-order valence-electron chi connectivity index (χ2n) is 5.43. The smallest absolute Gasteiger partial charge is 0.269 e. The summed E-state index contributed by atoms with van der Waals surface area (Å²) in [4.78, 5) is 25.5. The van der Waals surface area contributed by atoms with E-state index >= 15 is 0 Å². The Kier molecular flexibility index (Phi) is 5.70. The van der Waals surface area contributed by atoms with E-state index in [2.05, 4.69) is 0 Å². The van der Waals surface area contributed by atoms with E-state index < -0.39 is 4.92 Å². The Hall–Kier alpha value is -3.06. The molecule has 0 aliphatic rings. The summed E-state index contributed by atoms with van der Waals surface area (Å²) in [5.41, 5.74) is 0.822. The summed E-state index contributed by atoms with van der Waals surface area (Å²) in [6.45, 7) is 0.344. The summed E-state index contributed by atoms with van der Waals surface area (Å²) in [6.07, 6.45) is 1.58. The molecule has 7 heteroatoms. The molecule has 0 bridgehead atoms. The highest BCUT2D eigenvalue weighted by Gasteiger charge is 2.18. The van der Waals surface area contributed by atoms with Gasteiger partial charge in [0.1, 0.15) is 5.76 Å². The quantitative estimate of drug-likeness (QED) is 0.348. The molecule has 0 spiro atoms. The molecule has 0 aliphatic carbocycles. The number of hydrogen-bond donors (Lipinski definition) is 0. The number of carbonyl (C=O) groups excluding carboxylic acids is 1. The number of para-hydroxylation sites is 1. The van der Waals surface area contributed by atoms with Gasteiger partial charge in [-0.15, -0.1) is 11.8 Å². The van der Waals surface area contributed by atoms with Crippen LogP contribution in [0.3, 0.4) is 0 Å². The highest BCUT2D eigenvalue weighted by atomic mass is 32.2. The fourth-order valence-electron chi connectivity index (χ4n) is 2.38. The Morgan fingerprint density at radius 1 is 1.04 bits per heavy atom. The summed E-state index contributed by atoms with van der Waals surface area (Å²) in [6, 6.07) is 19.2. The van der Waals surface area contributed by atoms with Crippen LogP contribution in [0.5, 0.6) is 0 Å². The molecule has 0 saturated carbocycles. The monoisotopic (exact) mass is 368 g/mol. The topological polar surface area (TPSA) is 76.6 Å². The molecular weight excluding hydrogens is 352 g/mol. The van der Waals surface area contributed by atoms with Crippen LogP contribution in [0.2, 0.25) is 0 Å². The van der Waals surface area contributed by atoms with Crippen molar-refractivity contribution in [1.82, 2.24) is 0 Å². The number of anilines is 1. The Bertz CT molecular complexity index is 864. The molecule has 3 aromatic rings. The summed E-state index contributed by atoms with van der Waals surface area (Å²) in [5, 5.41) is 10.7. The predicted octanol–water partition coefficient (Wildman–Crippen LogP) is 4.51. The number of carbonyl (C=O) groups is 1. The van der Waals surface area contributed by atoms with E-state index in [-0.39, 0.29) is 17.3 Å². The summed E-state index contributed by atoms with van der Waals surface area (Å²) >= 11 is 1.34. The fourth-order valence-corrected chi connectivity index (χ4v) is 3.15. The summed E-state index contributed by atoms with van der Waals surface area (Å²) < 4.78 is 5.37. The van der Waals surface area contributed by atoms with Gasteiger partial charge < -0.3 is 9.32 Å². The minimum Gasteiger partial charge on any atom is -0.467 e. The van der Waals surface area contributed by atoms with E-state index in [1.54, 1.807) is 29.4 Å². The molecule has 2 aromatic carbocycles. The highest BCUT2D eigenvalue weighted by Crippen LogP contribution is 2.24. The van der Waals surface area contributed by atoms with Gasteiger partial charge in [-0.2, -0.15) is 0 Å². The van der Waals surface area contributed by atoms with E-state index in [1.165, 1.54) is 23.9 Å². The number of nitro benzene ring substituents is 1. The largest absolute Gasteiger partial charge is 0.467 e. The van der Waals surface area contributed by atoms with Crippen molar-refractivity contribution in [2.75, 3.05) is 10.7 Å². The molecule has 1 amide bonds. The average molecular weight is 368 g/mol. The van der Waals surface area contributed by atoms with Gasteiger partial charge in [0.15, 0.2) is 0 Å². The van der Waals surface area contributed by atoms with E-state index in [1.807, 2.05) is 36.4 Å². The van der Waals surface area contributed by atoms with Crippen molar-refractivity contribution in [1.29, 1.82) is 0 Å². The van der Waals surface area contributed by atoms with E-state index in [4.69, 9.17) is 4.42 Å². The lowest BCUT2D eigenvalue weighted by Crippen LogP contribution is -2.31. The van der Waals surface area contributed by atoms with Gasteiger partial charge >= 0.3 is 0 Å². The molecule has 1 aromatic heterocycles. The molecule has 0 saturated heterocycles. The van der Waals surface area contributed by atoms with Crippen molar-refractivity contribution in [2.24, 2.45) is 0 Å². The molecule has 132 valence electrons. The van der Waals surface area contributed by atoms with Crippen molar-refractivity contribution in [2.45, 2.75) is 11.4 Å². The number of thioether (sulfide) groups is 1. The number of non-ortho nitro benzene ring substituents is 1. The van der Waals surface area contributed by atoms with Gasteiger partial charge in [0.05, 0.1) is 23.5 Å². The van der Waals surface area contributed by atoms with E-state index in [9.17, 15) is 14.9 Å². The van der Waals surface area contributed by atoms with Gasteiger partial charge in [-0.05, 0) is 36.4 Å². The second-order valence-corrected chi connectivity index (χ2v) is 6.48. The molecule has 0 fully saturated rings. The molecule has 1 heterocycles. The van der Waals surface area contributed by atoms with Gasteiger partial charge in [0, 0.05) is 22.7 Å². The first-order valence-electron chi connectivity index (χ1n) is 7.88. The fraction of sp³-hybridized carbons (Fsp3) is 0.105. The van der Waals surface area contributed by atoms with Gasteiger partial charge in [-0.1, -0.05) is 18.2 Å².